The van der Waals surface area contributed by atoms with Gasteiger partial charge in [0.15, 0.2) is 0 Å². The molecule has 3 heteroatoms. The number of hydrogen-bond donors (Lipinski definition) is 1. The van der Waals surface area contributed by atoms with Gasteiger partial charge in [0.2, 0.25) is 0 Å². The van der Waals surface area contributed by atoms with Crippen LogP contribution in [0.4, 0.5) is 0 Å². The summed E-state index contributed by atoms with van der Waals surface area (Å²) in [5, 5.41) is 9.99. The van der Waals surface area contributed by atoms with Crippen LogP contribution in [-0.2, 0) is 0 Å². The summed E-state index contributed by atoms with van der Waals surface area (Å²) in [7, 11) is -0.991. The van der Waals surface area contributed by atoms with E-state index in [1.807, 2.05) is 24.3 Å². The molecule has 17 heavy (non-hydrogen) atoms. The third-order valence-electron chi connectivity index (χ3n) is 2.51. The van der Waals surface area contributed by atoms with Gasteiger partial charge in [0, 0.05) is 12.5 Å². The van der Waals surface area contributed by atoms with Gasteiger partial charge in [-0.05, 0) is 30.2 Å². The number of hydrogen-bond acceptors (Lipinski definition) is 1. The van der Waals surface area contributed by atoms with Crippen molar-refractivity contribution < 1.29 is 5.11 Å². The van der Waals surface area contributed by atoms with Crippen LogP contribution in [0.1, 0.15) is 18.1 Å². The molecule has 0 aromatic heterocycles. The summed E-state index contributed by atoms with van der Waals surface area (Å²) >= 11 is 3.39. The lowest BCUT2D eigenvalue weighted by molar-refractivity contribution is 0.181. The molecule has 0 spiro atoms. The van der Waals surface area contributed by atoms with E-state index in [-0.39, 0.29) is 6.10 Å². The van der Waals surface area contributed by atoms with E-state index in [1.165, 1.54) is 6.04 Å². The smallest absolute Gasteiger partial charge is 0.0824 e. The monoisotopic (exact) mass is 312 g/mol. The maximum absolute atomic E-state index is 9.99. The Balaban J connectivity index is 2.44. The number of halogens is 1. The summed E-state index contributed by atoms with van der Waals surface area (Å²) < 4.78 is 1.04. The maximum Gasteiger partial charge on any atom is 0.0824 e. The van der Waals surface area contributed by atoms with E-state index >= 15 is 0 Å². The summed E-state index contributed by atoms with van der Waals surface area (Å²) in [6.07, 6.45) is 4.63. The minimum Gasteiger partial charge on any atom is -0.388 e. The van der Waals surface area contributed by atoms with E-state index in [9.17, 15) is 5.11 Å². The summed E-state index contributed by atoms with van der Waals surface area (Å²) in [6.45, 7) is 7.05. The van der Waals surface area contributed by atoms with Gasteiger partial charge in [0.25, 0.3) is 0 Å². The van der Waals surface area contributed by atoms with Gasteiger partial charge in [-0.3, -0.25) is 0 Å². The van der Waals surface area contributed by atoms with Crippen molar-refractivity contribution in [2.45, 2.75) is 38.2 Å². The molecule has 1 nitrogen and oxygen atoms in total. The van der Waals surface area contributed by atoms with Gasteiger partial charge in [-0.25, -0.2) is 0 Å². The molecule has 0 fully saturated rings. The number of allylic oxidation sites excluding steroid dienone is 1. The molecular formula is C14H21BrOSi. The minimum absolute atomic E-state index is 0.388. The Morgan fingerprint density at radius 3 is 2.29 bits per heavy atom. The molecule has 0 aliphatic heterocycles. The van der Waals surface area contributed by atoms with Crippen LogP contribution in [0.2, 0.25) is 25.7 Å². The molecule has 0 aliphatic carbocycles. The number of aliphatic hydroxyl groups is 1. The molecule has 0 saturated heterocycles. The van der Waals surface area contributed by atoms with E-state index in [1.54, 1.807) is 0 Å². The Kier molecular flexibility index (Phi) is 5.63. The summed E-state index contributed by atoms with van der Waals surface area (Å²) in [6, 6.07) is 9.02. The minimum atomic E-state index is -0.991. The highest BCUT2D eigenvalue weighted by atomic mass is 79.9. The van der Waals surface area contributed by atoms with E-state index in [4.69, 9.17) is 0 Å². The van der Waals surface area contributed by atoms with Crippen LogP contribution in [0.25, 0.3) is 0 Å². The van der Waals surface area contributed by atoms with Crippen molar-refractivity contribution >= 4 is 24.0 Å². The quantitative estimate of drug-likeness (QED) is 0.613. The van der Waals surface area contributed by atoms with E-state index in [0.29, 0.717) is 6.42 Å². The van der Waals surface area contributed by atoms with E-state index in [0.717, 1.165) is 10.0 Å². The first-order valence-corrected chi connectivity index (χ1v) is 10.5. The van der Waals surface area contributed by atoms with Crippen molar-refractivity contribution in [2.24, 2.45) is 0 Å². The van der Waals surface area contributed by atoms with Gasteiger partial charge in [0.1, 0.15) is 0 Å². The molecule has 0 heterocycles. The Hall–Kier alpha value is -0.383. The first-order chi connectivity index (χ1) is 7.88. The van der Waals surface area contributed by atoms with Crippen molar-refractivity contribution in [3.8, 4) is 0 Å². The number of aliphatic hydroxyl groups excluding tert-OH is 1. The standard InChI is InChI=1S/C14H21BrOSi/c1-17(2,3)11-5-4-6-14(16)12-7-9-13(15)10-8-12/h4-5,7-10,14,16H,6,11H2,1-3H3/b5-4+/t14-/m0/s1. The zero-order valence-electron chi connectivity index (χ0n) is 10.8. The fraction of sp³-hybridized carbons (Fsp3) is 0.429. The predicted molar refractivity (Wildman–Crippen MR) is 81.0 cm³/mol. The average Bonchev–Trinajstić information content (AvgIpc) is 2.24. The largest absolute Gasteiger partial charge is 0.388 e. The lowest BCUT2D eigenvalue weighted by atomic mass is 10.1. The highest BCUT2D eigenvalue weighted by molar-refractivity contribution is 9.10. The van der Waals surface area contributed by atoms with E-state index in [2.05, 4.69) is 47.7 Å². The van der Waals surface area contributed by atoms with Crippen molar-refractivity contribution in [1.29, 1.82) is 0 Å². The highest BCUT2D eigenvalue weighted by Gasteiger charge is 2.10. The second kappa shape index (κ2) is 6.52. The molecule has 94 valence electrons. The maximum atomic E-state index is 9.99. The first kappa shape index (κ1) is 14.7. The SMILES string of the molecule is C[Si](C)(C)C/C=C/C[C@H](O)c1ccc(Br)cc1. The Morgan fingerprint density at radius 1 is 1.18 bits per heavy atom. The van der Waals surface area contributed by atoms with Gasteiger partial charge in [-0.1, -0.05) is 59.9 Å². The third kappa shape index (κ3) is 6.20. The summed E-state index contributed by atoms with van der Waals surface area (Å²) in [5.41, 5.74) is 0.978. The second-order valence-electron chi connectivity index (χ2n) is 5.54. The molecular weight excluding hydrogens is 292 g/mol. The van der Waals surface area contributed by atoms with Crippen molar-refractivity contribution in [3.63, 3.8) is 0 Å². The lowest BCUT2D eigenvalue weighted by Crippen LogP contribution is -2.17. The molecule has 1 aromatic carbocycles. The molecule has 1 rings (SSSR count). The Labute approximate surface area is 114 Å². The second-order valence-corrected chi connectivity index (χ2v) is 12.0. The molecule has 0 aliphatic rings. The number of rotatable bonds is 5. The van der Waals surface area contributed by atoms with Gasteiger partial charge >= 0.3 is 0 Å². The zero-order chi connectivity index (χ0) is 12.9. The van der Waals surface area contributed by atoms with Crippen LogP contribution in [-0.4, -0.2) is 13.2 Å². The fourth-order valence-corrected chi connectivity index (χ4v) is 2.62. The molecule has 0 amide bonds. The van der Waals surface area contributed by atoms with Gasteiger partial charge in [-0.15, -0.1) is 0 Å². The Morgan fingerprint density at radius 2 is 1.76 bits per heavy atom. The summed E-state index contributed by atoms with van der Waals surface area (Å²) in [5.74, 6) is 0. The molecule has 0 radical (unpaired) electrons. The van der Waals surface area contributed by atoms with Gasteiger partial charge in [0.05, 0.1) is 6.10 Å². The number of benzene rings is 1. The normalized spacial score (nSPS) is 14.2. The van der Waals surface area contributed by atoms with Crippen LogP contribution >= 0.6 is 15.9 Å². The molecule has 1 aromatic rings. The zero-order valence-corrected chi connectivity index (χ0v) is 13.4. The van der Waals surface area contributed by atoms with Crippen molar-refractivity contribution in [1.82, 2.24) is 0 Å². The Bertz CT molecular complexity index is 365. The van der Waals surface area contributed by atoms with Crippen molar-refractivity contribution in [2.75, 3.05) is 0 Å². The molecule has 1 N–H and O–H groups in total. The fourth-order valence-electron chi connectivity index (χ4n) is 1.48. The van der Waals surface area contributed by atoms with Crippen LogP contribution in [0.5, 0.6) is 0 Å². The van der Waals surface area contributed by atoms with E-state index < -0.39 is 8.07 Å². The van der Waals surface area contributed by atoms with Crippen LogP contribution in [0.3, 0.4) is 0 Å². The third-order valence-corrected chi connectivity index (χ3v) is 4.50. The molecule has 0 saturated carbocycles. The lowest BCUT2D eigenvalue weighted by Gasteiger charge is -2.12. The highest BCUT2D eigenvalue weighted by Crippen LogP contribution is 2.20. The topological polar surface area (TPSA) is 20.2 Å². The van der Waals surface area contributed by atoms with Gasteiger partial charge < -0.3 is 5.11 Å². The van der Waals surface area contributed by atoms with Crippen molar-refractivity contribution in [3.05, 3.63) is 46.5 Å². The van der Waals surface area contributed by atoms with Crippen LogP contribution < -0.4 is 0 Å². The average molecular weight is 313 g/mol. The molecule has 0 bridgehead atoms. The predicted octanol–water partition coefficient (Wildman–Crippen LogP) is 4.77. The van der Waals surface area contributed by atoms with Crippen LogP contribution in [0, 0.1) is 0 Å². The molecule has 0 unspecified atom stereocenters. The summed E-state index contributed by atoms with van der Waals surface area (Å²) in [4.78, 5) is 0. The van der Waals surface area contributed by atoms with Crippen LogP contribution in [0.15, 0.2) is 40.9 Å². The first-order valence-electron chi connectivity index (χ1n) is 5.97. The van der Waals surface area contributed by atoms with Gasteiger partial charge in [-0.2, -0.15) is 0 Å². The molecule has 1 atom stereocenters.